The van der Waals surface area contributed by atoms with Crippen LogP contribution in [0.25, 0.3) is 5.69 Å². The summed E-state index contributed by atoms with van der Waals surface area (Å²) in [6.45, 7) is 1.49. The summed E-state index contributed by atoms with van der Waals surface area (Å²) >= 11 is 5.57. The van der Waals surface area contributed by atoms with Gasteiger partial charge in [0.25, 0.3) is 0 Å². The first-order valence-electron chi connectivity index (χ1n) is 8.19. The maximum absolute atomic E-state index is 5.57. The van der Waals surface area contributed by atoms with Crippen LogP contribution >= 0.6 is 12.2 Å². The lowest BCUT2D eigenvalue weighted by Gasteiger charge is -2.18. The van der Waals surface area contributed by atoms with Crippen LogP contribution in [0.1, 0.15) is 5.56 Å². The molecule has 3 rings (SSSR count). The van der Waals surface area contributed by atoms with E-state index in [4.69, 9.17) is 12.2 Å². The van der Waals surface area contributed by atoms with Crippen LogP contribution in [0.2, 0.25) is 0 Å². The maximum Gasteiger partial charge on any atom is 0.203 e. The van der Waals surface area contributed by atoms with Gasteiger partial charge in [-0.25, -0.2) is 4.68 Å². The lowest BCUT2D eigenvalue weighted by molar-refractivity contribution is 0.244. The van der Waals surface area contributed by atoms with Gasteiger partial charge in [0.1, 0.15) is 6.33 Å². The summed E-state index contributed by atoms with van der Waals surface area (Å²) in [4.78, 5) is 4.30. The standard InChI is InChI=1S/C19H23N5S/c1-21(2)17-11-9-16(10-12-17)13-22(3)15-24-19(25)23(14-20-24)18-7-5-4-6-8-18/h4-12,14H,13,15H2,1-3H3. The Morgan fingerprint density at radius 2 is 1.64 bits per heavy atom. The van der Waals surface area contributed by atoms with E-state index in [-0.39, 0.29) is 0 Å². The fourth-order valence-electron chi connectivity index (χ4n) is 2.69. The molecule has 0 spiro atoms. The highest BCUT2D eigenvalue weighted by Crippen LogP contribution is 2.14. The Bertz CT molecular complexity index is 865. The van der Waals surface area contributed by atoms with Crippen molar-refractivity contribution >= 4 is 17.9 Å². The maximum atomic E-state index is 5.57. The van der Waals surface area contributed by atoms with Gasteiger partial charge in [-0.05, 0) is 49.1 Å². The molecule has 3 aromatic rings. The van der Waals surface area contributed by atoms with Gasteiger partial charge in [-0.2, -0.15) is 5.10 Å². The highest BCUT2D eigenvalue weighted by Gasteiger charge is 2.07. The van der Waals surface area contributed by atoms with Crippen molar-refractivity contribution < 1.29 is 0 Å². The molecule has 0 atom stereocenters. The highest BCUT2D eigenvalue weighted by atomic mass is 32.1. The van der Waals surface area contributed by atoms with Crippen LogP contribution in [0.15, 0.2) is 60.9 Å². The van der Waals surface area contributed by atoms with Gasteiger partial charge in [0.15, 0.2) is 0 Å². The molecule has 5 nitrogen and oxygen atoms in total. The number of anilines is 1. The average Bonchev–Trinajstić information content (AvgIpc) is 2.96. The predicted molar refractivity (Wildman–Crippen MR) is 105 cm³/mol. The normalized spacial score (nSPS) is 11.0. The molecule has 0 radical (unpaired) electrons. The zero-order valence-electron chi connectivity index (χ0n) is 14.8. The first-order chi connectivity index (χ1) is 12.0. The smallest absolute Gasteiger partial charge is 0.203 e. The number of hydrogen-bond donors (Lipinski definition) is 0. The molecule has 2 aromatic carbocycles. The van der Waals surface area contributed by atoms with E-state index < -0.39 is 0 Å². The monoisotopic (exact) mass is 353 g/mol. The summed E-state index contributed by atoms with van der Waals surface area (Å²) < 4.78 is 4.46. The summed E-state index contributed by atoms with van der Waals surface area (Å²) in [7, 11) is 6.17. The van der Waals surface area contributed by atoms with E-state index in [0.29, 0.717) is 11.4 Å². The number of nitrogens with zero attached hydrogens (tertiary/aromatic N) is 5. The Labute approximate surface area is 153 Å². The van der Waals surface area contributed by atoms with Gasteiger partial charge < -0.3 is 4.90 Å². The lowest BCUT2D eigenvalue weighted by Crippen LogP contribution is -2.22. The largest absolute Gasteiger partial charge is 0.378 e. The molecule has 25 heavy (non-hydrogen) atoms. The summed E-state index contributed by atoms with van der Waals surface area (Å²) in [5.41, 5.74) is 3.50. The van der Waals surface area contributed by atoms with Gasteiger partial charge in [-0.15, -0.1) is 0 Å². The van der Waals surface area contributed by atoms with Crippen LogP contribution in [0, 0.1) is 4.77 Å². The molecule has 0 saturated heterocycles. The van der Waals surface area contributed by atoms with E-state index in [0.717, 1.165) is 12.2 Å². The molecule has 0 aliphatic carbocycles. The number of aromatic nitrogens is 3. The number of hydrogen-bond acceptors (Lipinski definition) is 4. The second-order valence-electron chi connectivity index (χ2n) is 6.34. The van der Waals surface area contributed by atoms with Crippen LogP contribution in [-0.4, -0.2) is 40.4 Å². The van der Waals surface area contributed by atoms with Crippen LogP contribution in [-0.2, 0) is 13.2 Å². The van der Waals surface area contributed by atoms with Crippen molar-refractivity contribution in [3.8, 4) is 5.69 Å². The molecule has 1 heterocycles. The van der Waals surface area contributed by atoms with Crippen molar-refractivity contribution in [2.45, 2.75) is 13.2 Å². The third-order valence-corrected chi connectivity index (χ3v) is 4.46. The number of para-hydroxylation sites is 1. The Morgan fingerprint density at radius 1 is 0.960 bits per heavy atom. The van der Waals surface area contributed by atoms with E-state index in [1.807, 2.05) is 53.7 Å². The third-order valence-electron chi connectivity index (χ3n) is 4.05. The first kappa shape index (κ1) is 17.4. The number of rotatable bonds is 6. The molecule has 6 heteroatoms. The van der Waals surface area contributed by atoms with Crippen LogP contribution < -0.4 is 4.90 Å². The van der Waals surface area contributed by atoms with Crippen LogP contribution in [0.4, 0.5) is 5.69 Å². The molecule has 0 amide bonds. The van der Waals surface area contributed by atoms with Gasteiger partial charge in [-0.3, -0.25) is 9.47 Å². The van der Waals surface area contributed by atoms with Gasteiger partial charge >= 0.3 is 0 Å². The molecule has 130 valence electrons. The third kappa shape index (κ3) is 4.15. The van der Waals surface area contributed by atoms with E-state index in [1.165, 1.54) is 11.3 Å². The lowest BCUT2D eigenvalue weighted by atomic mass is 10.2. The van der Waals surface area contributed by atoms with Gasteiger partial charge in [-0.1, -0.05) is 30.3 Å². The van der Waals surface area contributed by atoms with E-state index in [1.54, 1.807) is 6.33 Å². The fourth-order valence-corrected chi connectivity index (χ4v) is 2.95. The first-order valence-corrected chi connectivity index (χ1v) is 8.60. The van der Waals surface area contributed by atoms with Crippen molar-refractivity contribution in [1.29, 1.82) is 0 Å². The van der Waals surface area contributed by atoms with E-state index >= 15 is 0 Å². The second kappa shape index (κ2) is 7.63. The molecule has 0 bridgehead atoms. The fraction of sp³-hybridized carbons (Fsp3) is 0.263. The summed E-state index contributed by atoms with van der Waals surface area (Å²) in [6.07, 6.45) is 1.78. The molecule has 0 fully saturated rings. The summed E-state index contributed by atoms with van der Waals surface area (Å²) in [5.74, 6) is 0. The van der Waals surface area contributed by atoms with Gasteiger partial charge in [0, 0.05) is 32.0 Å². The van der Waals surface area contributed by atoms with Crippen molar-refractivity contribution in [2.24, 2.45) is 0 Å². The Kier molecular flexibility index (Phi) is 5.31. The molecule has 0 unspecified atom stereocenters. The minimum Gasteiger partial charge on any atom is -0.378 e. The quantitative estimate of drug-likeness (QED) is 0.634. The van der Waals surface area contributed by atoms with Crippen molar-refractivity contribution in [3.05, 3.63) is 71.3 Å². The second-order valence-corrected chi connectivity index (χ2v) is 6.70. The average molecular weight is 353 g/mol. The minimum atomic E-state index is 0.647. The minimum absolute atomic E-state index is 0.647. The Balaban J connectivity index is 1.68. The van der Waals surface area contributed by atoms with E-state index in [9.17, 15) is 0 Å². The Hall–Kier alpha value is -2.44. The predicted octanol–water partition coefficient (Wildman–Crippen LogP) is 3.56. The topological polar surface area (TPSA) is 29.2 Å². The highest BCUT2D eigenvalue weighted by molar-refractivity contribution is 7.71. The zero-order valence-corrected chi connectivity index (χ0v) is 15.6. The zero-order chi connectivity index (χ0) is 17.8. The van der Waals surface area contributed by atoms with Crippen molar-refractivity contribution in [2.75, 3.05) is 26.0 Å². The molecule has 0 N–H and O–H groups in total. The summed E-state index contributed by atoms with van der Waals surface area (Å²) in [5, 5.41) is 4.44. The Morgan fingerprint density at radius 3 is 2.28 bits per heavy atom. The van der Waals surface area contributed by atoms with Gasteiger partial charge in [0.05, 0.1) is 6.67 Å². The van der Waals surface area contributed by atoms with Crippen molar-refractivity contribution in [3.63, 3.8) is 0 Å². The van der Waals surface area contributed by atoms with Crippen molar-refractivity contribution in [1.82, 2.24) is 19.2 Å². The molecule has 1 aromatic heterocycles. The van der Waals surface area contributed by atoms with Gasteiger partial charge in [0.2, 0.25) is 4.77 Å². The molecule has 0 aliphatic rings. The SMILES string of the molecule is CN(Cc1ccc(N(C)C)cc1)Cn1ncn(-c2ccccc2)c1=S. The molecule has 0 aliphatic heterocycles. The van der Waals surface area contributed by atoms with Crippen LogP contribution in [0.5, 0.6) is 0 Å². The molecular formula is C19H23N5S. The van der Waals surface area contributed by atoms with Crippen LogP contribution in [0.3, 0.4) is 0 Å². The summed E-state index contributed by atoms with van der Waals surface area (Å²) in [6, 6.07) is 18.6. The molecular weight excluding hydrogens is 330 g/mol. The number of benzene rings is 2. The molecule has 0 saturated carbocycles. The van der Waals surface area contributed by atoms with E-state index in [2.05, 4.69) is 46.2 Å².